The Labute approximate surface area is 115 Å². The number of hydrogen-bond donors (Lipinski definition) is 1. The van der Waals surface area contributed by atoms with E-state index in [-0.39, 0.29) is 5.41 Å². The Hall–Kier alpha value is -1.06. The number of aliphatic hydroxyl groups is 1. The van der Waals surface area contributed by atoms with Crippen LogP contribution in [0.15, 0.2) is 6.07 Å². The summed E-state index contributed by atoms with van der Waals surface area (Å²) < 4.78 is 11.1. The second-order valence-electron chi connectivity index (χ2n) is 6.18. The van der Waals surface area contributed by atoms with Gasteiger partial charge in [-0.2, -0.15) is 0 Å². The lowest BCUT2D eigenvalue weighted by atomic mass is 9.65. The normalized spacial score (nSPS) is 18.1. The van der Waals surface area contributed by atoms with Gasteiger partial charge in [0.2, 0.25) is 0 Å². The third kappa shape index (κ3) is 1.96. The number of hydrogen-bond acceptors (Lipinski definition) is 3. The summed E-state index contributed by atoms with van der Waals surface area (Å²) in [4.78, 5) is 0. The Balaban J connectivity index is 2.71. The van der Waals surface area contributed by atoms with Gasteiger partial charge in [0.25, 0.3) is 0 Å². The first-order valence-corrected chi connectivity index (χ1v) is 6.70. The van der Waals surface area contributed by atoms with Gasteiger partial charge in [-0.05, 0) is 51.3 Å². The van der Waals surface area contributed by atoms with Gasteiger partial charge in [0, 0.05) is 5.56 Å². The van der Waals surface area contributed by atoms with E-state index in [0.717, 1.165) is 22.4 Å². The molecule has 1 aromatic carbocycles. The molecule has 0 atom stereocenters. The molecule has 1 saturated heterocycles. The minimum absolute atomic E-state index is 0.374. The molecule has 0 radical (unpaired) electrons. The van der Waals surface area contributed by atoms with Gasteiger partial charge >= 0.3 is 0 Å². The number of ether oxygens (including phenoxy) is 2. The SMILES string of the molecule is COc1c(C)c(C)cc(C)c1C1(C(C)(C)O)COC1. The van der Waals surface area contributed by atoms with E-state index in [0.29, 0.717) is 13.2 Å². The summed E-state index contributed by atoms with van der Waals surface area (Å²) in [5.74, 6) is 0.892. The van der Waals surface area contributed by atoms with Crippen molar-refractivity contribution in [2.24, 2.45) is 0 Å². The van der Waals surface area contributed by atoms with Crippen molar-refractivity contribution in [3.8, 4) is 5.75 Å². The van der Waals surface area contributed by atoms with Crippen molar-refractivity contribution in [1.82, 2.24) is 0 Å². The molecule has 1 fully saturated rings. The van der Waals surface area contributed by atoms with E-state index in [1.54, 1.807) is 7.11 Å². The molecule has 0 saturated carbocycles. The van der Waals surface area contributed by atoms with E-state index >= 15 is 0 Å². The average Bonchev–Trinajstić information content (AvgIpc) is 2.22. The number of aryl methyl sites for hydroxylation is 2. The number of methoxy groups -OCH3 is 1. The maximum Gasteiger partial charge on any atom is 0.126 e. The summed E-state index contributed by atoms with van der Waals surface area (Å²) >= 11 is 0. The number of benzene rings is 1. The maximum atomic E-state index is 10.6. The standard InChI is InChI=1S/C16H24O3/c1-10-7-11(2)13(14(18-6)12(10)3)16(8-19-9-16)15(4,5)17/h7,17H,8-9H2,1-6H3. The van der Waals surface area contributed by atoms with Crippen LogP contribution in [0.2, 0.25) is 0 Å². The van der Waals surface area contributed by atoms with Gasteiger partial charge in [0.05, 0.1) is 31.3 Å². The first-order valence-electron chi connectivity index (χ1n) is 6.70. The molecular weight excluding hydrogens is 240 g/mol. The van der Waals surface area contributed by atoms with E-state index in [1.807, 2.05) is 13.8 Å². The van der Waals surface area contributed by atoms with Crippen molar-refractivity contribution in [3.05, 3.63) is 28.3 Å². The predicted octanol–water partition coefficient (Wildman–Crippen LogP) is 2.66. The Kier molecular flexibility index (Phi) is 3.40. The highest BCUT2D eigenvalue weighted by molar-refractivity contribution is 5.55. The fraction of sp³-hybridized carbons (Fsp3) is 0.625. The van der Waals surface area contributed by atoms with Crippen LogP contribution in [0.25, 0.3) is 0 Å². The lowest BCUT2D eigenvalue weighted by Gasteiger charge is -2.51. The van der Waals surface area contributed by atoms with Crippen LogP contribution in [0.1, 0.15) is 36.1 Å². The van der Waals surface area contributed by atoms with Crippen molar-refractivity contribution in [2.75, 3.05) is 20.3 Å². The highest BCUT2D eigenvalue weighted by atomic mass is 16.5. The molecule has 1 heterocycles. The maximum absolute atomic E-state index is 10.6. The zero-order valence-corrected chi connectivity index (χ0v) is 12.8. The highest BCUT2D eigenvalue weighted by Crippen LogP contribution is 2.48. The lowest BCUT2D eigenvalue weighted by molar-refractivity contribution is -0.158. The third-order valence-electron chi connectivity index (χ3n) is 4.54. The van der Waals surface area contributed by atoms with Crippen LogP contribution in [0.3, 0.4) is 0 Å². The van der Waals surface area contributed by atoms with Gasteiger partial charge < -0.3 is 14.6 Å². The molecule has 2 rings (SSSR count). The fourth-order valence-electron chi connectivity index (χ4n) is 3.01. The van der Waals surface area contributed by atoms with Gasteiger partial charge in [-0.25, -0.2) is 0 Å². The van der Waals surface area contributed by atoms with E-state index in [4.69, 9.17) is 9.47 Å². The van der Waals surface area contributed by atoms with E-state index in [9.17, 15) is 5.11 Å². The van der Waals surface area contributed by atoms with Gasteiger partial charge in [-0.1, -0.05) is 6.07 Å². The summed E-state index contributed by atoms with van der Waals surface area (Å²) in [6.07, 6.45) is 0. The fourth-order valence-corrected chi connectivity index (χ4v) is 3.01. The molecule has 3 nitrogen and oxygen atoms in total. The Morgan fingerprint density at radius 3 is 2.16 bits per heavy atom. The van der Waals surface area contributed by atoms with Crippen LogP contribution in [0, 0.1) is 20.8 Å². The van der Waals surface area contributed by atoms with Crippen molar-refractivity contribution < 1.29 is 14.6 Å². The van der Waals surface area contributed by atoms with Gasteiger partial charge in [-0.15, -0.1) is 0 Å². The summed E-state index contributed by atoms with van der Waals surface area (Å²) in [5, 5.41) is 10.6. The Morgan fingerprint density at radius 1 is 1.21 bits per heavy atom. The van der Waals surface area contributed by atoms with Crippen molar-refractivity contribution >= 4 is 0 Å². The molecule has 0 bridgehead atoms. The van der Waals surface area contributed by atoms with Gasteiger partial charge in [0.15, 0.2) is 0 Å². The molecule has 0 spiro atoms. The van der Waals surface area contributed by atoms with E-state index in [2.05, 4.69) is 26.8 Å². The average molecular weight is 264 g/mol. The second-order valence-corrected chi connectivity index (χ2v) is 6.18. The zero-order chi connectivity index (χ0) is 14.4. The first-order chi connectivity index (χ1) is 8.74. The minimum Gasteiger partial charge on any atom is -0.496 e. The topological polar surface area (TPSA) is 38.7 Å². The largest absolute Gasteiger partial charge is 0.496 e. The smallest absolute Gasteiger partial charge is 0.126 e. The monoisotopic (exact) mass is 264 g/mol. The molecule has 0 unspecified atom stereocenters. The first kappa shape index (κ1) is 14.4. The highest BCUT2D eigenvalue weighted by Gasteiger charge is 2.53. The summed E-state index contributed by atoms with van der Waals surface area (Å²) in [5.41, 5.74) is 3.39. The van der Waals surface area contributed by atoms with Crippen molar-refractivity contribution in [2.45, 2.75) is 45.6 Å². The third-order valence-corrected chi connectivity index (χ3v) is 4.54. The van der Waals surface area contributed by atoms with Crippen LogP contribution >= 0.6 is 0 Å². The Bertz CT molecular complexity index is 494. The lowest BCUT2D eigenvalue weighted by Crippen LogP contribution is -2.61. The van der Waals surface area contributed by atoms with Crippen molar-refractivity contribution in [1.29, 1.82) is 0 Å². The van der Waals surface area contributed by atoms with Crippen LogP contribution in [0.4, 0.5) is 0 Å². The van der Waals surface area contributed by atoms with Crippen LogP contribution < -0.4 is 4.74 Å². The molecule has 1 N–H and O–H groups in total. The zero-order valence-electron chi connectivity index (χ0n) is 12.8. The summed E-state index contributed by atoms with van der Waals surface area (Å²) in [6, 6.07) is 2.17. The van der Waals surface area contributed by atoms with Crippen LogP contribution in [0.5, 0.6) is 5.75 Å². The molecule has 19 heavy (non-hydrogen) atoms. The molecule has 0 aromatic heterocycles. The predicted molar refractivity (Wildman–Crippen MR) is 76.0 cm³/mol. The summed E-state index contributed by atoms with van der Waals surface area (Å²) in [7, 11) is 1.70. The summed E-state index contributed by atoms with van der Waals surface area (Å²) in [6.45, 7) is 11.0. The molecule has 106 valence electrons. The molecule has 0 aliphatic carbocycles. The minimum atomic E-state index is -0.842. The number of rotatable bonds is 3. The quantitative estimate of drug-likeness (QED) is 0.912. The van der Waals surface area contributed by atoms with Gasteiger partial charge in [0.1, 0.15) is 5.75 Å². The van der Waals surface area contributed by atoms with Gasteiger partial charge in [-0.3, -0.25) is 0 Å². The van der Waals surface area contributed by atoms with Crippen LogP contribution in [-0.2, 0) is 10.2 Å². The second kappa shape index (κ2) is 4.50. The molecule has 1 aliphatic rings. The van der Waals surface area contributed by atoms with E-state index in [1.165, 1.54) is 5.56 Å². The van der Waals surface area contributed by atoms with Crippen LogP contribution in [-0.4, -0.2) is 31.0 Å². The Morgan fingerprint density at radius 2 is 1.79 bits per heavy atom. The molecule has 3 heteroatoms. The molecule has 0 amide bonds. The molecule has 1 aromatic rings. The van der Waals surface area contributed by atoms with E-state index < -0.39 is 5.60 Å². The molecular formula is C16H24O3. The van der Waals surface area contributed by atoms with Crippen molar-refractivity contribution in [3.63, 3.8) is 0 Å². The molecule has 1 aliphatic heterocycles.